The highest BCUT2D eigenvalue weighted by Gasteiger charge is 2.08. The van der Waals surface area contributed by atoms with Crippen molar-refractivity contribution in [3.8, 4) is 0 Å². The summed E-state index contributed by atoms with van der Waals surface area (Å²) in [5, 5.41) is 0.873. The van der Waals surface area contributed by atoms with Gasteiger partial charge in [0.05, 0.1) is 12.0 Å². The maximum absolute atomic E-state index is 11.1. The molecule has 0 spiro atoms. The summed E-state index contributed by atoms with van der Waals surface area (Å²) in [5.41, 5.74) is 1.52. The molecule has 0 unspecified atom stereocenters. The highest BCUT2D eigenvalue weighted by molar-refractivity contribution is 7.89. The number of hydrogen-bond acceptors (Lipinski definition) is 3. The zero-order valence-electron chi connectivity index (χ0n) is 7.73. The first kappa shape index (κ1) is 9.27. The summed E-state index contributed by atoms with van der Waals surface area (Å²) in [5.74, 6) is 0.0594. The van der Waals surface area contributed by atoms with Crippen molar-refractivity contribution in [3.05, 3.63) is 36.1 Å². The Morgan fingerprint density at radius 3 is 2.79 bits per heavy atom. The van der Waals surface area contributed by atoms with E-state index in [9.17, 15) is 8.42 Å². The molecule has 0 saturated carbocycles. The van der Waals surface area contributed by atoms with Gasteiger partial charge in [-0.2, -0.15) is 0 Å². The SMILES string of the molecule is CS(=O)(=O)Cc1cccc2occc12. The normalized spacial score (nSPS) is 12.1. The number of sulfone groups is 1. The van der Waals surface area contributed by atoms with Gasteiger partial charge in [0.25, 0.3) is 0 Å². The van der Waals surface area contributed by atoms with Gasteiger partial charge >= 0.3 is 0 Å². The molecule has 3 nitrogen and oxygen atoms in total. The van der Waals surface area contributed by atoms with Crippen molar-refractivity contribution in [2.45, 2.75) is 5.75 Å². The molecule has 1 aromatic carbocycles. The summed E-state index contributed by atoms with van der Waals surface area (Å²) in [6.07, 6.45) is 2.79. The number of benzene rings is 1. The Kier molecular flexibility index (Phi) is 2.07. The van der Waals surface area contributed by atoms with Crippen molar-refractivity contribution < 1.29 is 12.8 Å². The summed E-state index contributed by atoms with van der Waals surface area (Å²) in [7, 11) is -2.99. The molecule has 1 aromatic heterocycles. The van der Waals surface area contributed by atoms with Crippen LogP contribution in [0.3, 0.4) is 0 Å². The van der Waals surface area contributed by atoms with Crippen molar-refractivity contribution in [1.29, 1.82) is 0 Å². The van der Waals surface area contributed by atoms with Crippen molar-refractivity contribution in [1.82, 2.24) is 0 Å². The Labute approximate surface area is 82.3 Å². The molecule has 0 aliphatic heterocycles. The van der Waals surface area contributed by atoms with Gasteiger partial charge in [0.1, 0.15) is 5.58 Å². The molecular weight excluding hydrogens is 200 g/mol. The molecule has 0 saturated heterocycles. The predicted octanol–water partition coefficient (Wildman–Crippen LogP) is 1.98. The van der Waals surface area contributed by atoms with Crippen LogP contribution in [0.15, 0.2) is 34.9 Å². The number of fused-ring (bicyclic) bond motifs is 1. The van der Waals surface area contributed by atoms with E-state index >= 15 is 0 Å². The monoisotopic (exact) mass is 210 g/mol. The second-order valence-electron chi connectivity index (χ2n) is 3.32. The van der Waals surface area contributed by atoms with Crippen LogP contribution in [0, 0.1) is 0 Å². The molecule has 74 valence electrons. The van der Waals surface area contributed by atoms with Crippen molar-refractivity contribution in [2.75, 3.05) is 6.26 Å². The summed E-state index contributed by atoms with van der Waals surface area (Å²) < 4.78 is 27.4. The highest BCUT2D eigenvalue weighted by atomic mass is 32.2. The third-order valence-electron chi connectivity index (χ3n) is 2.00. The van der Waals surface area contributed by atoms with Crippen LogP contribution in [-0.4, -0.2) is 14.7 Å². The van der Waals surface area contributed by atoms with Crippen molar-refractivity contribution in [2.24, 2.45) is 0 Å². The van der Waals surface area contributed by atoms with Gasteiger partial charge < -0.3 is 4.42 Å². The van der Waals surface area contributed by atoms with Crippen molar-refractivity contribution in [3.63, 3.8) is 0 Å². The van der Waals surface area contributed by atoms with E-state index in [0.717, 1.165) is 16.5 Å². The number of furan rings is 1. The summed E-state index contributed by atoms with van der Waals surface area (Å²) >= 11 is 0. The molecule has 1 heterocycles. The van der Waals surface area contributed by atoms with E-state index in [4.69, 9.17) is 4.42 Å². The van der Waals surface area contributed by atoms with Crippen LogP contribution in [0.2, 0.25) is 0 Å². The van der Waals surface area contributed by atoms with Crippen molar-refractivity contribution >= 4 is 20.8 Å². The molecule has 0 N–H and O–H groups in total. The quantitative estimate of drug-likeness (QED) is 0.761. The van der Waals surface area contributed by atoms with Gasteiger partial charge in [-0.3, -0.25) is 0 Å². The topological polar surface area (TPSA) is 47.3 Å². The predicted molar refractivity (Wildman–Crippen MR) is 54.8 cm³/mol. The standard InChI is InChI=1S/C10H10O3S/c1-14(11,12)7-8-3-2-4-10-9(8)5-6-13-10/h2-6H,7H2,1H3. The van der Waals surface area contributed by atoms with Crippen LogP contribution in [0.4, 0.5) is 0 Å². The van der Waals surface area contributed by atoms with Crippen LogP contribution in [0.5, 0.6) is 0 Å². The zero-order chi connectivity index (χ0) is 10.2. The fraction of sp³-hybridized carbons (Fsp3) is 0.200. The lowest BCUT2D eigenvalue weighted by Gasteiger charge is -1.99. The lowest BCUT2D eigenvalue weighted by atomic mass is 10.1. The van der Waals surface area contributed by atoms with E-state index in [2.05, 4.69) is 0 Å². The second-order valence-corrected chi connectivity index (χ2v) is 5.46. The summed E-state index contributed by atoms with van der Waals surface area (Å²) in [4.78, 5) is 0. The lowest BCUT2D eigenvalue weighted by Crippen LogP contribution is -2.00. The van der Waals surface area contributed by atoms with Gasteiger partial charge in [0.2, 0.25) is 0 Å². The largest absolute Gasteiger partial charge is 0.464 e. The maximum Gasteiger partial charge on any atom is 0.151 e. The van der Waals surface area contributed by atoms with Gasteiger partial charge in [0.15, 0.2) is 9.84 Å². The molecule has 0 atom stereocenters. The molecule has 0 amide bonds. The summed E-state index contributed by atoms with van der Waals surface area (Å²) in [6.45, 7) is 0. The van der Waals surface area contributed by atoms with E-state index in [0.29, 0.717) is 0 Å². The van der Waals surface area contributed by atoms with Crippen LogP contribution >= 0.6 is 0 Å². The second kappa shape index (κ2) is 3.13. The van der Waals surface area contributed by atoms with E-state index in [1.165, 1.54) is 6.26 Å². The molecule has 0 aliphatic carbocycles. The fourth-order valence-electron chi connectivity index (χ4n) is 1.47. The Morgan fingerprint density at radius 1 is 1.29 bits per heavy atom. The smallest absolute Gasteiger partial charge is 0.151 e. The third-order valence-corrected chi connectivity index (χ3v) is 2.84. The highest BCUT2D eigenvalue weighted by Crippen LogP contribution is 2.21. The van der Waals surface area contributed by atoms with E-state index in [1.54, 1.807) is 24.5 Å². The molecule has 2 rings (SSSR count). The molecule has 0 aliphatic rings. The van der Waals surface area contributed by atoms with Crippen LogP contribution in [0.25, 0.3) is 11.0 Å². The van der Waals surface area contributed by atoms with Crippen LogP contribution in [0.1, 0.15) is 5.56 Å². The molecule has 2 aromatic rings. The summed E-state index contributed by atoms with van der Waals surface area (Å²) in [6, 6.07) is 7.21. The minimum Gasteiger partial charge on any atom is -0.464 e. The van der Waals surface area contributed by atoms with E-state index < -0.39 is 9.84 Å². The average Bonchev–Trinajstić information content (AvgIpc) is 2.49. The van der Waals surface area contributed by atoms with Gasteiger partial charge in [-0.25, -0.2) is 8.42 Å². The van der Waals surface area contributed by atoms with Crippen LogP contribution < -0.4 is 0 Å². The molecule has 0 radical (unpaired) electrons. The maximum atomic E-state index is 11.1. The Bertz CT molecular complexity index is 552. The average molecular weight is 210 g/mol. The van der Waals surface area contributed by atoms with E-state index in [1.807, 2.05) is 6.07 Å². The first-order valence-electron chi connectivity index (χ1n) is 4.19. The Morgan fingerprint density at radius 2 is 2.07 bits per heavy atom. The number of rotatable bonds is 2. The Hall–Kier alpha value is -1.29. The third kappa shape index (κ3) is 1.80. The first-order valence-corrected chi connectivity index (χ1v) is 6.25. The van der Waals surface area contributed by atoms with Gasteiger partial charge in [-0.1, -0.05) is 12.1 Å². The first-order chi connectivity index (χ1) is 6.56. The lowest BCUT2D eigenvalue weighted by molar-refractivity contribution is 0.601. The number of hydrogen-bond donors (Lipinski definition) is 0. The zero-order valence-corrected chi connectivity index (χ0v) is 8.54. The molecule has 0 bridgehead atoms. The van der Waals surface area contributed by atoms with Gasteiger partial charge in [-0.05, 0) is 17.7 Å². The van der Waals surface area contributed by atoms with Gasteiger partial charge in [0, 0.05) is 11.6 Å². The minimum atomic E-state index is -2.99. The minimum absolute atomic E-state index is 0.0594. The van der Waals surface area contributed by atoms with E-state index in [-0.39, 0.29) is 5.75 Å². The van der Waals surface area contributed by atoms with Gasteiger partial charge in [-0.15, -0.1) is 0 Å². The molecule has 4 heteroatoms. The Balaban J connectivity index is 2.57. The molecular formula is C10H10O3S. The fourth-order valence-corrected chi connectivity index (χ4v) is 2.28. The van der Waals surface area contributed by atoms with Crippen LogP contribution in [-0.2, 0) is 15.6 Å². The molecule has 14 heavy (non-hydrogen) atoms. The molecule has 0 fully saturated rings.